The maximum Gasteiger partial charge on any atom is 0.229 e. The molecule has 0 aliphatic carbocycles. The van der Waals surface area contributed by atoms with E-state index < -0.39 is 16.2 Å². The molecule has 0 aromatic heterocycles. The van der Waals surface area contributed by atoms with E-state index in [0.717, 1.165) is 0 Å². The molecule has 1 amide bonds. The molecule has 0 radical (unpaired) electrons. The van der Waals surface area contributed by atoms with Crippen molar-refractivity contribution < 1.29 is 9.00 Å². The summed E-state index contributed by atoms with van der Waals surface area (Å²) in [6, 6.07) is 16.5. The number of anilines is 1. The van der Waals surface area contributed by atoms with E-state index in [1.165, 1.54) is 0 Å². The van der Waals surface area contributed by atoms with E-state index in [4.69, 9.17) is 0 Å². The molecule has 0 heterocycles. The van der Waals surface area contributed by atoms with Gasteiger partial charge in [0.2, 0.25) is 5.91 Å². The van der Waals surface area contributed by atoms with Crippen LogP contribution in [0.5, 0.6) is 0 Å². The first-order chi connectivity index (χ1) is 10.8. The number of hydrogen-bond donors (Lipinski definition) is 1. The summed E-state index contributed by atoms with van der Waals surface area (Å²) in [7, 11) is -1.37. The molecule has 0 aliphatic heterocycles. The number of benzene rings is 2. The number of amides is 1. The van der Waals surface area contributed by atoms with E-state index in [9.17, 15) is 9.00 Å². The van der Waals surface area contributed by atoms with Crippen LogP contribution < -0.4 is 5.32 Å². The van der Waals surface area contributed by atoms with E-state index in [2.05, 4.69) is 11.9 Å². The maximum atomic E-state index is 12.7. The zero-order valence-corrected chi connectivity index (χ0v) is 14.4. The van der Waals surface area contributed by atoms with Crippen LogP contribution in [0.15, 0.2) is 66.1 Å². The lowest BCUT2D eigenvalue weighted by molar-refractivity contribution is -0.123. The Labute approximate surface area is 139 Å². The predicted octanol–water partition coefficient (Wildman–Crippen LogP) is 4.45. The summed E-state index contributed by atoms with van der Waals surface area (Å²) in [4.78, 5) is 13.4. The van der Waals surface area contributed by atoms with E-state index in [-0.39, 0.29) is 5.91 Å². The van der Waals surface area contributed by atoms with Crippen LogP contribution in [0.4, 0.5) is 5.69 Å². The fourth-order valence-corrected chi connectivity index (χ4v) is 3.00. The minimum absolute atomic E-state index is 0.0942. The Morgan fingerprint density at radius 1 is 1.00 bits per heavy atom. The highest BCUT2D eigenvalue weighted by atomic mass is 32.2. The van der Waals surface area contributed by atoms with Crippen molar-refractivity contribution in [3.05, 3.63) is 66.7 Å². The fourth-order valence-electron chi connectivity index (χ4n) is 1.93. The second-order valence-electron chi connectivity index (χ2n) is 6.25. The molecule has 0 fully saturated rings. The van der Waals surface area contributed by atoms with Crippen molar-refractivity contribution in [1.82, 2.24) is 0 Å². The van der Waals surface area contributed by atoms with Crippen LogP contribution in [0.2, 0.25) is 0 Å². The normalized spacial score (nSPS) is 12.5. The van der Waals surface area contributed by atoms with Crippen LogP contribution in [0, 0.1) is 5.41 Å². The van der Waals surface area contributed by atoms with Gasteiger partial charge in [0, 0.05) is 26.5 Å². The summed E-state index contributed by atoms with van der Waals surface area (Å²) >= 11 is 0. The Hall–Kier alpha value is -2.20. The highest BCUT2D eigenvalue weighted by Crippen LogP contribution is 2.29. The molecule has 0 spiro atoms. The molecule has 1 atom stereocenters. The van der Waals surface area contributed by atoms with E-state index in [1.807, 2.05) is 57.2 Å². The maximum absolute atomic E-state index is 12.7. The van der Waals surface area contributed by atoms with Gasteiger partial charge < -0.3 is 5.32 Å². The number of carbonyl (C=O) groups excluding carboxylic acids is 1. The topological polar surface area (TPSA) is 46.2 Å². The Bertz CT molecular complexity index is 745. The van der Waals surface area contributed by atoms with E-state index >= 15 is 0 Å². The quantitative estimate of drug-likeness (QED) is 0.902. The minimum Gasteiger partial charge on any atom is -0.325 e. The van der Waals surface area contributed by atoms with Gasteiger partial charge in [0.05, 0.1) is 10.8 Å². The lowest BCUT2D eigenvalue weighted by atomic mass is 9.95. The van der Waals surface area contributed by atoms with Gasteiger partial charge in [0.25, 0.3) is 0 Å². The van der Waals surface area contributed by atoms with Crippen molar-refractivity contribution in [2.75, 3.05) is 5.32 Å². The molecule has 1 N–H and O–H groups in total. The van der Waals surface area contributed by atoms with Gasteiger partial charge >= 0.3 is 0 Å². The molecule has 0 saturated carbocycles. The highest BCUT2D eigenvalue weighted by Gasteiger charge is 2.23. The number of nitrogens with one attached hydrogen (secondary N) is 1. The van der Waals surface area contributed by atoms with Crippen LogP contribution in [0.1, 0.15) is 26.3 Å². The first kappa shape index (κ1) is 17.2. The SMILES string of the molecule is C=C(c1ccccc1NC(=O)C(C)(C)C)S(=O)c1ccccc1. The van der Waals surface area contributed by atoms with Crippen molar-refractivity contribution in [2.24, 2.45) is 5.41 Å². The molecule has 0 bridgehead atoms. The highest BCUT2D eigenvalue weighted by molar-refractivity contribution is 7.94. The van der Waals surface area contributed by atoms with Gasteiger partial charge in [-0.3, -0.25) is 4.79 Å². The molecule has 120 valence electrons. The first-order valence-corrected chi connectivity index (χ1v) is 8.52. The summed E-state index contributed by atoms with van der Waals surface area (Å²) in [6.45, 7) is 9.53. The summed E-state index contributed by atoms with van der Waals surface area (Å²) in [5.74, 6) is -0.0942. The Kier molecular flexibility index (Phi) is 5.16. The first-order valence-electron chi connectivity index (χ1n) is 7.37. The van der Waals surface area contributed by atoms with Gasteiger partial charge in [-0.25, -0.2) is 4.21 Å². The third kappa shape index (κ3) is 4.17. The van der Waals surface area contributed by atoms with Gasteiger partial charge in [-0.15, -0.1) is 0 Å². The molecule has 2 aromatic rings. The molecule has 0 aliphatic rings. The zero-order chi connectivity index (χ0) is 17.0. The van der Waals surface area contributed by atoms with Crippen molar-refractivity contribution in [3.8, 4) is 0 Å². The van der Waals surface area contributed by atoms with Crippen LogP contribution in [0.3, 0.4) is 0 Å². The van der Waals surface area contributed by atoms with Crippen LogP contribution in [-0.4, -0.2) is 10.1 Å². The molecular weight excluding hydrogens is 306 g/mol. The standard InChI is InChI=1S/C19H21NO2S/c1-14(23(22)15-10-6-5-7-11-15)16-12-8-9-13-17(16)20-18(21)19(2,3)4/h5-13H,1H2,2-4H3,(H,20,21). The Morgan fingerprint density at radius 3 is 2.17 bits per heavy atom. The molecule has 0 saturated heterocycles. The monoisotopic (exact) mass is 327 g/mol. The van der Waals surface area contributed by atoms with Crippen molar-refractivity contribution in [2.45, 2.75) is 25.7 Å². The van der Waals surface area contributed by atoms with Crippen LogP contribution in [0.25, 0.3) is 4.91 Å². The average Bonchev–Trinajstić information content (AvgIpc) is 2.54. The van der Waals surface area contributed by atoms with Crippen molar-refractivity contribution >= 4 is 27.3 Å². The van der Waals surface area contributed by atoms with Gasteiger partial charge in [0.1, 0.15) is 0 Å². The fraction of sp³-hybridized carbons (Fsp3) is 0.211. The molecule has 2 aromatic carbocycles. The van der Waals surface area contributed by atoms with Crippen molar-refractivity contribution in [1.29, 1.82) is 0 Å². The molecule has 23 heavy (non-hydrogen) atoms. The number of para-hydroxylation sites is 1. The lowest BCUT2D eigenvalue weighted by Crippen LogP contribution is -2.28. The third-order valence-electron chi connectivity index (χ3n) is 3.34. The lowest BCUT2D eigenvalue weighted by Gasteiger charge is -2.20. The summed E-state index contributed by atoms with van der Waals surface area (Å²) in [5, 5.41) is 2.90. The van der Waals surface area contributed by atoms with E-state index in [1.54, 1.807) is 18.2 Å². The molecule has 2 rings (SSSR count). The van der Waals surface area contributed by atoms with Gasteiger partial charge in [0.15, 0.2) is 0 Å². The van der Waals surface area contributed by atoms with E-state index in [0.29, 0.717) is 21.1 Å². The molecule has 1 unspecified atom stereocenters. The summed E-state index contributed by atoms with van der Waals surface area (Å²) < 4.78 is 12.7. The Balaban J connectivity index is 2.32. The zero-order valence-electron chi connectivity index (χ0n) is 13.6. The Morgan fingerprint density at radius 2 is 1.57 bits per heavy atom. The molecule has 4 heteroatoms. The van der Waals surface area contributed by atoms with Gasteiger partial charge in [-0.05, 0) is 18.2 Å². The van der Waals surface area contributed by atoms with Crippen molar-refractivity contribution in [3.63, 3.8) is 0 Å². The number of carbonyl (C=O) groups is 1. The van der Waals surface area contributed by atoms with Crippen LogP contribution >= 0.6 is 0 Å². The number of hydrogen-bond acceptors (Lipinski definition) is 2. The van der Waals surface area contributed by atoms with Gasteiger partial charge in [-0.1, -0.05) is 63.7 Å². The molecular formula is C19H21NO2S. The van der Waals surface area contributed by atoms with Gasteiger partial charge in [-0.2, -0.15) is 0 Å². The van der Waals surface area contributed by atoms with Crippen LogP contribution in [-0.2, 0) is 15.6 Å². The summed E-state index contributed by atoms with van der Waals surface area (Å²) in [6.07, 6.45) is 0. The average molecular weight is 327 g/mol. The summed E-state index contributed by atoms with van der Waals surface area (Å²) in [5.41, 5.74) is 0.807. The second-order valence-corrected chi connectivity index (χ2v) is 7.76. The largest absolute Gasteiger partial charge is 0.325 e. The third-order valence-corrected chi connectivity index (χ3v) is 4.71. The second kappa shape index (κ2) is 6.92. The smallest absolute Gasteiger partial charge is 0.229 e. The predicted molar refractivity (Wildman–Crippen MR) is 96.4 cm³/mol. The number of rotatable bonds is 4. The molecule has 3 nitrogen and oxygen atoms in total. The minimum atomic E-state index is -1.37.